The number of hydrogen-bond acceptors (Lipinski definition) is 2. The number of nitrogens with one attached hydrogen (secondary N) is 1. The number of rotatable bonds is 6. The molecule has 0 saturated carbocycles. The van der Waals surface area contributed by atoms with Crippen LogP contribution in [0.3, 0.4) is 0 Å². The third-order valence-corrected chi connectivity index (χ3v) is 2.18. The first kappa shape index (κ1) is 12.1. The van der Waals surface area contributed by atoms with E-state index in [1.807, 2.05) is 13.0 Å². The SMILES string of the molecule is CCOCCNCc1ccc(F)c(C)c1. The second kappa shape index (κ2) is 6.53. The number of aryl methyl sites for hydroxylation is 1. The Morgan fingerprint density at radius 2 is 2.20 bits per heavy atom. The predicted octanol–water partition coefficient (Wildman–Crippen LogP) is 2.26. The molecular formula is C12H18FNO. The van der Waals surface area contributed by atoms with Crippen LogP contribution in [-0.2, 0) is 11.3 Å². The highest BCUT2D eigenvalue weighted by Gasteiger charge is 1.98. The third kappa shape index (κ3) is 4.40. The molecule has 0 radical (unpaired) electrons. The summed E-state index contributed by atoms with van der Waals surface area (Å²) in [6.45, 7) is 6.80. The first-order valence-corrected chi connectivity index (χ1v) is 5.27. The van der Waals surface area contributed by atoms with Crippen LogP contribution in [0.5, 0.6) is 0 Å². The molecule has 0 aromatic heterocycles. The Balaban J connectivity index is 2.28. The Morgan fingerprint density at radius 1 is 1.40 bits per heavy atom. The summed E-state index contributed by atoms with van der Waals surface area (Å²) in [5.41, 5.74) is 1.80. The van der Waals surface area contributed by atoms with E-state index in [0.717, 1.165) is 31.9 Å². The molecule has 0 fully saturated rings. The summed E-state index contributed by atoms with van der Waals surface area (Å²) in [6, 6.07) is 5.17. The van der Waals surface area contributed by atoms with Gasteiger partial charge in [-0.05, 0) is 31.0 Å². The summed E-state index contributed by atoms with van der Waals surface area (Å²) >= 11 is 0. The van der Waals surface area contributed by atoms with Crippen molar-refractivity contribution < 1.29 is 9.13 Å². The number of halogens is 1. The quantitative estimate of drug-likeness (QED) is 0.729. The summed E-state index contributed by atoms with van der Waals surface area (Å²) in [4.78, 5) is 0. The molecule has 0 saturated heterocycles. The Kier molecular flexibility index (Phi) is 5.29. The van der Waals surface area contributed by atoms with Crippen LogP contribution in [0, 0.1) is 12.7 Å². The molecule has 0 bridgehead atoms. The van der Waals surface area contributed by atoms with E-state index in [4.69, 9.17) is 4.74 Å². The minimum absolute atomic E-state index is 0.145. The molecule has 1 rings (SSSR count). The second-order valence-corrected chi connectivity index (χ2v) is 3.46. The summed E-state index contributed by atoms with van der Waals surface area (Å²) in [7, 11) is 0. The maximum Gasteiger partial charge on any atom is 0.126 e. The van der Waals surface area contributed by atoms with Gasteiger partial charge in [-0.1, -0.05) is 12.1 Å². The molecule has 1 aromatic carbocycles. The van der Waals surface area contributed by atoms with Gasteiger partial charge in [0.25, 0.3) is 0 Å². The van der Waals surface area contributed by atoms with Crippen LogP contribution < -0.4 is 5.32 Å². The average Bonchev–Trinajstić information content (AvgIpc) is 2.23. The first-order chi connectivity index (χ1) is 7.24. The van der Waals surface area contributed by atoms with Crippen molar-refractivity contribution in [1.29, 1.82) is 0 Å². The highest BCUT2D eigenvalue weighted by Crippen LogP contribution is 2.08. The fourth-order valence-electron chi connectivity index (χ4n) is 1.34. The van der Waals surface area contributed by atoms with Gasteiger partial charge in [0.1, 0.15) is 5.82 Å². The molecule has 0 aliphatic carbocycles. The zero-order chi connectivity index (χ0) is 11.1. The predicted molar refractivity (Wildman–Crippen MR) is 59.3 cm³/mol. The van der Waals surface area contributed by atoms with Crippen LogP contribution in [-0.4, -0.2) is 19.8 Å². The van der Waals surface area contributed by atoms with Crippen LogP contribution in [0.15, 0.2) is 18.2 Å². The highest BCUT2D eigenvalue weighted by molar-refractivity contribution is 5.23. The molecule has 0 heterocycles. The van der Waals surface area contributed by atoms with Gasteiger partial charge in [-0.2, -0.15) is 0 Å². The standard InChI is InChI=1S/C12H18FNO/c1-3-15-7-6-14-9-11-4-5-12(13)10(2)8-11/h4-5,8,14H,3,6-7,9H2,1-2H3. The topological polar surface area (TPSA) is 21.3 Å². The molecular weight excluding hydrogens is 193 g/mol. The maximum absolute atomic E-state index is 12.9. The van der Waals surface area contributed by atoms with Gasteiger partial charge in [-0.3, -0.25) is 0 Å². The molecule has 1 aromatic rings. The third-order valence-electron chi connectivity index (χ3n) is 2.18. The van der Waals surface area contributed by atoms with E-state index in [1.54, 1.807) is 13.0 Å². The minimum Gasteiger partial charge on any atom is -0.380 e. The smallest absolute Gasteiger partial charge is 0.126 e. The Morgan fingerprint density at radius 3 is 2.87 bits per heavy atom. The molecule has 3 heteroatoms. The molecule has 2 nitrogen and oxygen atoms in total. The van der Waals surface area contributed by atoms with Crippen molar-refractivity contribution >= 4 is 0 Å². The lowest BCUT2D eigenvalue weighted by atomic mass is 10.1. The van der Waals surface area contributed by atoms with E-state index in [2.05, 4.69) is 5.32 Å². The first-order valence-electron chi connectivity index (χ1n) is 5.27. The Hall–Kier alpha value is -0.930. The summed E-state index contributed by atoms with van der Waals surface area (Å²) in [5.74, 6) is -0.145. The van der Waals surface area contributed by atoms with Crippen molar-refractivity contribution in [3.05, 3.63) is 35.1 Å². The van der Waals surface area contributed by atoms with Crippen LogP contribution >= 0.6 is 0 Å². The zero-order valence-corrected chi connectivity index (χ0v) is 9.35. The molecule has 1 N–H and O–H groups in total. The van der Waals surface area contributed by atoms with E-state index in [1.165, 1.54) is 6.07 Å². The van der Waals surface area contributed by atoms with Crippen molar-refractivity contribution in [1.82, 2.24) is 5.32 Å². The summed E-state index contributed by atoms with van der Waals surface area (Å²) in [5, 5.41) is 3.24. The van der Waals surface area contributed by atoms with Crippen molar-refractivity contribution in [3.63, 3.8) is 0 Å². The normalized spacial score (nSPS) is 10.6. The second-order valence-electron chi connectivity index (χ2n) is 3.46. The van der Waals surface area contributed by atoms with Crippen molar-refractivity contribution in [2.45, 2.75) is 20.4 Å². The molecule has 0 atom stereocenters. The molecule has 15 heavy (non-hydrogen) atoms. The van der Waals surface area contributed by atoms with Crippen LogP contribution in [0.2, 0.25) is 0 Å². The van der Waals surface area contributed by atoms with E-state index >= 15 is 0 Å². The van der Waals surface area contributed by atoms with Crippen LogP contribution in [0.25, 0.3) is 0 Å². The lowest BCUT2D eigenvalue weighted by Gasteiger charge is -2.06. The van der Waals surface area contributed by atoms with E-state index < -0.39 is 0 Å². The molecule has 0 amide bonds. The monoisotopic (exact) mass is 211 g/mol. The number of benzene rings is 1. The van der Waals surface area contributed by atoms with Crippen molar-refractivity contribution in [2.24, 2.45) is 0 Å². The van der Waals surface area contributed by atoms with Crippen LogP contribution in [0.4, 0.5) is 4.39 Å². The fourth-order valence-corrected chi connectivity index (χ4v) is 1.34. The lowest BCUT2D eigenvalue weighted by Crippen LogP contribution is -2.19. The van der Waals surface area contributed by atoms with E-state index in [-0.39, 0.29) is 5.82 Å². The molecule has 0 unspecified atom stereocenters. The lowest BCUT2D eigenvalue weighted by molar-refractivity contribution is 0.149. The molecule has 0 aliphatic rings. The Labute approximate surface area is 90.4 Å². The van der Waals surface area contributed by atoms with Crippen molar-refractivity contribution in [2.75, 3.05) is 19.8 Å². The van der Waals surface area contributed by atoms with Crippen molar-refractivity contribution in [3.8, 4) is 0 Å². The molecule has 0 aliphatic heterocycles. The summed E-state index contributed by atoms with van der Waals surface area (Å²) in [6.07, 6.45) is 0. The van der Waals surface area contributed by atoms with Gasteiger partial charge in [-0.25, -0.2) is 4.39 Å². The highest BCUT2D eigenvalue weighted by atomic mass is 19.1. The molecule has 84 valence electrons. The zero-order valence-electron chi connectivity index (χ0n) is 9.35. The molecule has 0 spiro atoms. The van der Waals surface area contributed by atoms with Gasteiger partial charge in [0, 0.05) is 19.7 Å². The van der Waals surface area contributed by atoms with Gasteiger partial charge >= 0.3 is 0 Å². The Bertz CT molecular complexity index is 302. The number of hydrogen-bond donors (Lipinski definition) is 1. The maximum atomic E-state index is 12.9. The van der Waals surface area contributed by atoms with Gasteiger partial charge in [0.15, 0.2) is 0 Å². The van der Waals surface area contributed by atoms with Crippen LogP contribution in [0.1, 0.15) is 18.1 Å². The van der Waals surface area contributed by atoms with Gasteiger partial charge < -0.3 is 10.1 Å². The largest absolute Gasteiger partial charge is 0.380 e. The van der Waals surface area contributed by atoms with Gasteiger partial charge in [0.2, 0.25) is 0 Å². The van der Waals surface area contributed by atoms with Gasteiger partial charge in [-0.15, -0.1) is 0 Å². The summed E-state index contributed by atoms with van der Waals surface area (Å²) < 4.78 is 18.1. The van der Waals surface area contributed by atoms with E-state index in [9.17, 15) is 4.39 Å². The van der Waals surface area contributed by atoms with Gasteiger partial charge in [0.05, 0.1) is 6.61 Å². The fraction of sp³-hybridized carbons (Fsp3) is 0.500. The minimum atomic E-state index is -0.145. The van der Waals surface area contributed by atoms with E-state index in [0.29, 0.717) is 5.56 Å². The number of ether oxygens (including phenoxy) is 1. The average molecular weight is 211 g/mol.